The van der Waals surface area contributed by atoms with Gasteiger partial charge in [-0.15, -0.1) is 0 Å². The maximum absolute atomic E-state index is 11.9. The first-order valence-corrected chi connectivity index (χ1v) is 10.6. The molecule has 4 heteroatoms. The fourth-order valence-electron chi connectivity index (χ4n) is 7.41. The van der Waals surface area contributed by atoms with Crippen LogP contribution in [0.4, 0.5) is 4.53 Å². The minimum atomic E-state index is -0.912. The van der Waals surface area contributed by atoms with Gasteiger partial charge >= 0.3 is 5.97 Å². The van der Waals surface area contributed by atoms with E-state index in [1.165, 1.54) is 43.8 Å². The van der Waals surface area contributed by atoms with E-state index >= 15 is 0 Å². The molecule has 0 saturated heterocycles. The quantitative estimate of drug-likeness (QED) is 0.612. The molecular formula is C23H31FO3. The Morgan fingerprint density at radius 2 is 2.00 bits per heavy atom. The molecule has 3 saturated carbocycles. The fourth-order valence-corrected chi connectivity index (χ4v) is 7.41. The zero-order valence-electron chi connectivity index (χ0n) is 16.5. The lowest BCUT2D eigenvalue weighted by Crippen LogP contribution is -2.50. The summed E-state index contributed by atoms with van der Waals surface area (Å²) in [6.07, 6.45) is 14.8. The van der Waals surface area contributed by atoms with Crippen LogP contribution in [0, 0.1) is 34.5 Å². The van der Waals surface area contributed by atoms with Gasteiger partial charge in [-0.2, -0.15) is 0 Å². The number of ketones is 1. The van der Waals surface area contributed by atoms with Crippen LogP contribution in [0.3, 0.4) is 0 Å². The van der Waals surface area contributed by atoms with Crippen LogP contribution < -0.4 is 0 Å². The Bertz CT molecular complexity index is 696. The van der Waals surface area contributed by atoms with E-state index in [2.05, 4.69) is 18.8 Å². The molecule has 148 valence electrons. The van der Waals surface area contributed by atoms with Crippen LogP contribution in [0.1, 0.15) is 71.6 Å². The van der Waals surface area contributed by atoms with Crippen LogP contribution in [0.25, 0.3) is 0 Å². The molecule has 0 aliphatic heterocycles. The van der Waals surface area contributed by atoms with E-state index in [-0.39, 0.29) is 5.41 Å². The van der Waals surface area contributed by atoms with Crippen molar-refractivity contribution in [2.75, 3.05) is 0 Å². The topological polar surface area (TPSA) is 43.4 Å². The summed E-state index contributed by atoms with van der Waals surface area (Å²) < 4.78 is 11.9. The highest BCUT2D eigenvalue weighted by Crippen LogP contribution is 2.67. The Morgan fingerprint density at radius 3 is 2.78 bits per heavy atom. The monoisotopic (exact) mass is 374 g/mol. The highest BCUT2D eigenvalue weighted by atomic mass is 19.3. The van der Waals surface area contributed by atoms with Crippen molar-refractivity contribution in [2.24, 2.45) is 34.5 Å². The van der Waals surface area contributed by atoms with Gasteiger partial charge in [0.2, 0.25) is 0 Å². The second kappa shape index (κ2) is 6.86. The number of halogens is 1. The molecule has 0 N–H and O–H groups in total. The maximum atomic E-state index is 11.9. The van der Waals surface area contributed by atoms with Crippen LogP contribution in [-0.4, -0.2) is 11.8 Å². The summed E-state index contributed by atoms with van der Waals surface area (Å²) in [7, 11) is 0. The Labute approximate surface area is 161 Å². The van der Waals surface area contributed by atoms with Crippen LogP contribution in [0.5, 0.6) is 0 Å². The van der Waals surface area contributed by atoms with Gasteiger partial charge in [-0.25, -0.2) is 4.79 Å². The molecule has 0 aromatic heterocycles. The van der Waals surface area contributed by atoms with Gasteiger partial charge < -0.3 is 0 Å². The van der Waals surface area contributed by atoms with Crippen LogP contribution in [0.15, 0.2) is 23.8 Å². The molecule has 6 atom stereocenters. The lowest BCUT2D eigenvalue weighted by molar-refractivity contribution is -0.176. The van der Waals surface area contributed by atoms with E-state index in [0.29, 0.717) is 29.5 Å². The van der Waals surface area contributed by atoms with Crippen LogP contribution in [-0.2, 0) is 14.5 Å². The highest BCUT2D eigenvalue weighted by Gasteiger charge is 2.58. The maximum Gasteiger partial charge on any atom is 0.372 e. The van der Waals surface area contributed by atoms with Crippen LogP contribution >= 0.6 is 0 Å². The van der Waals surface area contributed by atoms with E-state index in [1.54, 1.807) is 6.08 Å². The van der Waals surface area contributed by atoms with E-state index in [9.17, 15) is 14.1 Å². The van der Waals surface area contributed by atoms with Crippen LogP contribution in [0.2, 0.25) is 0 Å². The van der Waals surface area contributed by atoms with Gasteiger partial charge in [0, 0.05) is 17.0 Å². The molecule has 0 aromatic rings. The van der Waals surface area contributed by atoms with Crippen molar-refractivity contribution in [3.8, 4) is 0 Å². The molecule has 0 radical (unpaired) electrons. The third-order valence-corrected chi connectivity index (χ3v) is 8.91. The molecule has 0 heterocycles. The lowest BCUT2D eigenvalue weighted by atomic mass is 9.47. The molecular weight excluding hydrogens is 343 g/mol. The van der Waals surface area contributed by atoms with Gasteiger partial charge in [0.25, 0.3) is 0 Å². The molecule has 0 amide bonds. The summed E-state index contributed by atoms with van der Waals surface area (Å²) in [5, 5.41) is 0. The van der Waals surface area contributed by atoms with E-state index in [4.69, 9.17) is 0 Å². The fraction of sp³-hybridized carbons (Fsp3) is 0.739. The summed E-state index contributed by atoms with van der Waals surface area (Å²) in [4.78, 5) is 26.2. The van der Waals surface area contributed by atoms with Crippen molar-refractivity contribution in [2.45, 2.75) is 71.6 Å². The Kier molecular flexibility index (Phi) is 4.80. The molecule has 0 aromatic carbocycles. The zero-order chi connectivity index (χ0) is 19.2. The van der Waals surface area contributed by atoms with Crippen molar-refractivity contribution in [3.05, 3.63) is 23.8 Å². The second-order valence-electron chi connectivity index (χ2n) is 9.82. The average Bonchev–Trinajstić information content (AvgIpc) is 2.99. The SMILES string of the molecule is CC12CCC(=O)C=C1CCC1C2CCC2(C)C(C/C=C/C(=O)OF)CCC12. The van der Waals surface area contributed by atoms with Gasteiger partial charge in [-0.3, -0.25) is 9.74 Å². The molecule has 0 bridgehead atoms. The third-order valence-electron chi connectivity index (χ3n) is 8.91. The first-order chi connectivity index (χ1) is 12.9. The predicted octanol–water partition coefficient (Wildman–Crippen LogP) is 5.51. The number of fused-ring (bicyclic) bond motifs is 5. The number of rotatable bonds is 3. The number of hydrogen-bond acceptors (Lipinski definition) is 3. The summed E-state index contributed by atoms with van der Waals surface area (Å²) in [5.41, 5.74) is 1.96. The van der Waals surface area contributed by atoms with Crippen molar-refractivity contribution >= 4 is 11.8 Å². The largest absolute Gasteiger partial charge is 0.372 e. The molecule has 3 fully saturated rings. The Balaban J connectivity index is 1.52. The standard InChI is InChI=1S/C23H31FO3/c1-22-13-11-20-18(8-6-16-14-17(25)10-12-23(16,20)2)19(22)9-7-15(22)4-3-5-21(26)27-24/h3,5,14-15,18-20H,4,6-13H2,1-2H3/b5-3+. The third kappa shape index (κ3) is 3.00. The molecule has 3 nitrogen and oxygen atoms in total. The smallest absolute Gasteiger partial charge is 0.295 e. The van der Waals surface area contributed by atoms with Gasteiger partial charge in [0.05, 0.1) is 0 Å². The molecule has 27 heavy (non-hydrogen) atoms. The minimum absolute atomic E-state index is 0.223. The zero-order valence-corrected chi connectivity index (χ0v) is 16.5. The number of hydrogen-bond donors (Lipinski definition) is 0. The summed E-state index contributed by atoms with van der Waals surface area (Å²) >= 11 is 0. The molecule has 4 aliphatic carbocycles. The van der Waals surface area contributed by atoms with Gasteiger partial charge in [0.15, 0.2) is 5.78 Å². The Hall–Kier alpha value is -1.45. The summed E-state index contributed by atoms with van der Waals surface area (Å²) in [6.45, 7) is 4.87. The molecule has 4 rings (SSSR count). The highest BCUT2D eigenvalue weighted by molar-refractivity contribution is 5.91. The van der Waals surface area contributed by atoms with E-state index < -0.39 is 5.97 Å². The van der Waals surface area contributed by atoms with Crippen molar-refractivity contribution in [3.63, 3.8) is 0 Å². The second-order valence-corrected chi connectivity index (χ2v) is 9.82. The average molecular weight is 374 g/mol. The predicted molar refractivity (Wildman–Crippen MR) is 101 cm³/mol. The van der Waals surface area contributed by atoms with E-state index in [0.717, 1.165) is 31.1 Å². The molecule has 0 spiro atoms. The minimum Gasteiger partial charge on any atom is -0.295 e. The van der Waals surface area contributed by atoms with E-state index in [1.807, 2.05) is 6.08 Å². The summed E-state index contributed by atoms with van der Waals surface area (Å²) in [6, 6.07) is 0. The van der Waals surface area contributed by atoms with Gasteiger partial charge in [0.1, 0.15) is 0 Å². The molecule has 6 unspecified atom stereocenters. The first kappa shape index (κ1) is 18.9. The van der Waals surface area contributed by atoms with Gasteiger partial charge in [-0.1, -0.05) is 25.5 Å². The van der Waals surface area contributed by atoms with Crippen molar-refractivity contribution in [1.82, 2.24) is 0 Å². The van der Waals surface area contributed by atoms with Crippen molar-refractivity contribution < 1.29 is 19.1 Å². The molecule has 4 aliphatic rings. The van der Waals surface area contributed by atoms with Gasteiger partial charge in [-0.05, 0) is 91.9 Å². The summed E-state index contributed by atoms with van der Waals surface area (Å²) in [5.74, 6) is 2.16. The normalized spacial score (nSPS) is 43.7. The number of carbonyl (C=O) groups excluding carboxylic acids is 2. The number of carbonyl (C=O) groups is 2. The lowest BCUT2D eigenvalue weighted by Gasteiger charge is -2.58. The number of allylic oxidation sites excluding steroid dienone is 2. The van der Waals surface area contributed by atoms with Crippen molar-refractivity contribution in [1.29, 1.82) is 0 Å². The first-order valence-electron chi connectivity index (χ1n) is 10.6. The Morgan fingerprint density at radius 1 is 1.19 bits per heavy atom.